The third-order valence-corrected chi connectivity index (χ3v) is 4.23. The van der Waals surface area contributed by atoms with Crippen LogP contribution in [0.2, 0.25) is 0 Å². The molecule has 0 saturated carbocycles. The van der Waals surface area contributed by atoms with Gasteiger partial charge in [0.15, 0.2) is 11.6 Å². The first kappa shape index (κ1) is 14.8. The zero-order valence-electron chi connectivity index (χ0n) is 13.0. The van der Waals surface area contributed by atoms with E-state index in [-0.39, 0.29) is 0 Å². The van der Waals surface area contributed by atoms with Crippen molar-refractivity contribution in [3.63, 3.8) is 0 Å². The van der Waals surface area contributed by atoms with E-state index in [1.54, 1.807) is 18.0 Å². The number of hydrogen-bond acceptors (Lipinski definition) is 3. The van der Waals surface area contributed by atoms with Crippen molar-refractivity contribution in [2.45, 2.75) is 13.1 Å². The van der Waals surface area contributed by atoms with Gasteiger partial charge in [-0.3, -0.25) is 0 Å². The quantitative estimate of drug-likeness (QED) is 0.784. The molecule has 6 heteroatoms. The molecule has 0 atom stereocenters. The highest BCUT2D eigenvalue weighted by Gasteiger charge is 2.21. The zero-order chi connectivity index (χ0) is 16.7. The first-order valence-corrected chi connectivity index (χ1v) is 7.57. The summed E-state index contributed by atoms with van der Waals surface area (Å²) >= 11 is 0. The molecule has 0 bridgehead atoms. The van der Waals surface area contributed by atoms with Crippen LogP contribution in [0, 0.1) is 11.6 Å². The lowest BCUT2D eigenvalue weighted by Gasteiger charge is -2.09. The Labute approximate surface area is 137 Å². The lowest BCUT2D eigenvalue weighted by molar-refractivity contribution is 0.415. The lowest BCUT2D eigenvalue weighted by atomic mass is 10.1. The van der Waals surface area contributed by atoms with Crippen LogP contribution in [-0.2, 0) is 13.1 Å². The number of rotatable bonds is 2. The minimum atomic E-state index is -0.872. The lowest BCUT2D eigenvalue weighted by Crippen LogP contribution is -2.11. The fourth-order valence-corrected chi connectivity index (χ4v) is 3.00. The molecule has 24 heavy (non-hydrogen) atoms. The Morgan fingerprint density at radius 1 is 1.08 bits per heavy atom. The maximum absolute atomic E-state index is 13.7. The fraction of sp³-hybridized carbons (Fsp3) is 0.167. The molecule has 0 unspecified atom stereocenters. The topological polar surface area (TPSA) is 39.1 Å². The summed E-state index contributed by atoms with van der Waals surface area (Å²) in [4.78, 5) is 0. The molecule has 1 aliphatic rings. The second-order valence-corrected chi connectivity index (χ2v) is 5.64. The van der Waals surface area contributed by atoms with E-state index in [0.717, 1.165) is 22.6 Å². The molecule has 0 amide bonds. The molecule has 1 aliphatic heterocycles. The molecule has 122 valence electrons. The van der Waals surface area contributed by atoms with Crippen LogP contribution in [-0.4, -0.2) is 16.9 Å². The van der Waals surface area contributed by atoms with Crippen molar-refractivity contribution in [3.05, 3.63) is 65.5 Å². The summed E-state index contributed by atoms with van der Waals surface area (Å²) in [7, 11) is 1.62. The summed E-state index contributed by atoms with van der Waals surface area (Å²) in [5.74, 6) is -0.942. The number of methoxy groups -OCH3 is 1. The number of ether oxygens (including phenoxy) is 1. The maximum atomic E-state index is 13.7. The molecule has 0 saturated heterocycles. The highest BCUT2D eigenvalue weighted by atomic mass is 19.2. The largest absolute Gasteiger partial charge is 0.497 e. The summed E-state index contributed by atoms with van der Waals surface area (Å²) in [5, 5.41) is 7.65. The van der Waals surface area contributed by atoms with Crippen LogP contribution in [0.5, 0.6) is 5.75 Å². The average Bonchev–Trinajstić information content (AvgIpc) is 2.94. The van der Waals surface area contributed by atoms with Crippen molar-refractivity contribution in [1.82, 2.24) is 15.1 Å². The summed E-state index contributed by atoms with van der Waals surface area (Å²) in [5.41, 5.74) is 4.09. The summed E-state index contributed by atoms with van der Waals surface area (Å²) in [6.07, 6.45) is 1.75. The van der Waals surface area contributed by atoms with Gasteiger partial charge in [0.25, 0.3) is 0 Å². The smallest absolute Gasteiger partial charge is 0.160 e. The predicted octanol–water partition coefficient (Wildman–Crippen LogP) is 3.43. The molecule has 3 aromatic rings. The van der Waals surface area contributed by atoms with Crippen LogP contribution in [0.3, 0.4) is 0 Å². The first-order chi connectivity index (χ1) is 11.7. The normalized spacial score (nSPS) is 13.1. The van der Waals surface area contributed by atoms with E-state index in [1.807, 2.05) is 24.3 Å². The van der Waals surface area contributed by atoms with Crippen LogP contribution < -0.4 is 10.1 Å². The van der Waals surface area contributed by atoms with Crippen molar-refractivity contribution in [3.8, 4) is 22.6 Å². The first-order valence-electron chi connectivity index (χ1n) is 7.57. The van der Waals surface area contributed by atoms with Crippen molar-refractivity contribution in [1.29, 1.82) is 0 Å². The highest BCUT2D eigenvalue weighted by Crippen LogP contribution is 2.30. The van der Waals surface area contributed by atoms with Crippen molar-refractivity contribution < 1.29 is 13.5 Å². The van der Waals surface area contributed by atoms with E-state index in [4.69, 9.17) is 4.74 Å². The Hall–Kier alpha value is -2.73. The van der Waals surface area contributed by atoms with E-state index in [0.29, 0.717) is 24.3 Å². The number of nitrogens with one attached hydrogen (secondary N) is 1. The second kappa shape index (κ2) is 5.72. The van der Waals surface area contributed by atoms with Crippen LogP contribution in [0.4, 0.5) is 8.78 Å². The van der Waals surface area contributed by atoms with E-state index in [9.17, 15) is 8.78 Å². The molecule has 0 radical (unpaired) electrons. The van der Waals surface area contributed by atoms with Gasteiger partial charge in [-0.05, 0) is 29.3 Å². The molecule has 2 heterocycles. The second-order valence-electron chi connectivity index (χ2n) is 5.64. The molecular weight excluding hydrogens is 312 g/mol. The highest BCUT2D eigenvalue weighted by molar-refractivity contribution is 5.67. The van der Waals surface area contributed by atoms with Crippen LogP contribution in [0.25, 0.3) is 16.8 Å². The van der Waals surface area contributed by atoms with Gasteiger partial charge in [0.05, 0.1) is 24.7 Å². The van der Waals surface area contributed by atoms with E-state index >= 15 is 0 Å². The van der Waals surface area contributed by atoms with Gasteiger partial charge in [-0.25, -0.2) is 13.5 Å². The minimum Gasteiger partial charge on any atom is -0.497 e. The summed E-state index contributed by atoms with van der Waals surface area (Å²) in [6.45, 7) is 1.01. The number of hydrogen-bond donors (Lipinski definition) is 1. The van der Waals surface area contributed by atoms with Gasteiger partial charge in [-0.15, -0.1) is 0 Å². The van der Waals surface area contributed by atoms with Gasteiger partial charge < -0.3 is 10.1 Å². The molecule has 4 nitrogen and oxygen atoms in total. The molecular formula is C18H15F2N3O. The molecule has 0 fully saturated rings. The Morgan fingerprint density at radius 3 is 2.58 bits per heavy atom. The van der Waals surface area contributed by atoms with Crippen LogP contribution >= 0.6 is 0 Å². The molecule has 1 N–H and O–H groups in total. The minimum absolute atomic E-state index is 0.456. The zero-order valence-corrected chi connectivity index (χ0v) is 13.0. The van der Waals surface area contributed by atoms with Gasteiger partial charge >= 0.3 is 0 Å². The van der Waals surface area contributed by atoms with E-state index in [2.05, 4.69) is 10.4 Å². The van der Waals surface area contributed by atoms with Gasteiger partial charge in [-0.2, -0.15) is 5.10 Å². The van der Waals surface area contributed by atoms with Crippen LogP contribution in [0.1, 0.15) is 11.3 Å². The third kappa shape index (κ3) is 2.35. The number of benzene rings is 2. The van der Waals surface area contributed by atoms with Gasteiger partial charge in [0.2, 0.25) is 0 Å². The Balaban J connectivity index is 1.85. The van der Waals surface area contributed by atoms with E-state index < -0.39 is 11.6 Å². The number of halogens is 2. The average molecular weight is 327 g/mol. The van der Waals surface area contributed by atoms with Gasteiger partial charge in [0, 0.05) is 24.7 Å². The molecule has 0 aliphatic carbocycles. The number of nitrogens with zero attached hydrogens (tertiary/aromatic N) is 2. The maximum Gasteiger partial charge on any atom is 0.160 e. The monoisotopic (exact) mass is 327 g/mol. The molecule has 4 rings (SSSR count). The molecule has 2 aromatic carbocycles. The predicted molar refractivity (Wildman–Crippen MR) is 86.0 cm³/mol. The van der Waals surface area contributed by atoms with Crippen molar-refractivity contribution in [2.75, 3.05) is 7.11 Å². The number of fused-ring (bicyclic) bond motifs is 3. The molecule has 0 spiro atoms. The number of aromatic nitrogens is 2. The van der Waals surface area contributed by atoms with E-state index in [1.165, 1.54) is 12.1 Å². The molecule has 1 aromatic heterocycles. The SMILES string of the molecule is COc1ccc(-c2cnn3c2CNCc2cc(F)c(F)cc2-3)cc1. The third-order valence-electron chi connectivity index (χ3n) is 4.23. The summed E-state index contributed by atoms with van der Waals surface area (Å²) < 4.78 is 34.1. The Kier molecular flexibility index (Phi) is 3.54. The Bertz CT molecular complexity index is 903. The van der Waals surface area contributed by atoms with Gasteiger partial charge in [-0.1, -0.05) is 12.1 Å². The standard InChI is InChI=1S/C18H15F2N3O/c1-24-13-4-2-11(3-5-13)14-9-22-23-17-7-16(20)15(19)6-12(17)8-21-10-18(14)23/h2-7,9,21H,8,10H2,1H3. The van der Waals surface area contributed by atoms with Crippen LogP contribution in [0.15, 0.2) is 42.6 Å². The Morgan fingerprint density at radius 2 is 1.83 bits per heavy atom. The van der Waals surface area contributed by atoms with Gasteiger partial charge in [0.1, 0.15) is 5.75 Å². The van der Waals surface area contributed by atoms with Crippen molar-refractivity contribution >= 4 is 0 Å². The van der Waals surface area contributed by atoms with Crippen molar-refractivity contribution in [2.24, 2.45) is 0 Å². The summed E-state index contributed by atoms with van der Waals surface area (Å²) in [6, 6.07) is 10.1. The fourth-order valence-electron chi connectivity index (χ4n) is 3.00.